The fourth-order valence-corrected chi connectivity index (χ4v) is 5.86. The molecular formula is C33H33N3O5. The van der Waals surface area contributed by atoms with E-state index in [0.29, 0.717) is 23.4 Å². The van der Waals surface area contributed by atoms with Gasteiger partial charge in [-0.15, -0.1) is 0 Å². The van der Waals surface area contributed by atoms with Gasteiger partial charge in [-0.25, -0.2) is 9.59 Å². The highest BCUT2D eigenvalue weighted by atomic mass is 16.5. The van der Waals surface area contributed by atoms with Crippen molar-refractivity contribution in [2.24, 2.45) is 5.10 Å². The number of rotatable bonds is 9. The van der Waals surface area contributed by atoms with Gasteiger partial charge in [0.1, 0.15) is 5.70 Å². The minimum Gasteiger partial charge on any atom is -0.463 e. The number of para-hydroxylation sites is 1. The number of benzene rings is 3. The van der Waals surface area contributed by atoms with Crippen LogP contribution in [0.5, 0.6) is 0 Å². The van der Waals surface area contributed by atoms with Crippen molar-refractivity contribution in [3.8, 4) is 0 Å². The maximum Gasteiger partial charge on any atom is 0.355 e. The SMILES string of the molecule is CCOC(=O)C1=C(C(=O)OCC)N(Cc2ccccc2)C2(C(=O)N(c3ccccc3)N=C2CC)C1c1ccccc1. The second-order valence-electron chi connectivity index (χ2n) is 9.74. The lowest BCUT2D eigenvalue weighted by Crippen LogP contribution is -2.60. The Balaban J connectivity index is 1.84. The summed E-state index contributed by atoms with van der Waals surface area (Å²) in [5.74, 6) is -2.59. The van der Waals surface area contributed by atoms with Gasteiger partial charge in [0.25, 0.3) is 5.91 Å². The zero-order valence-corrected chi connectivity index (χ0v) is 23.4. The maximum absolute atomic E-state index is 15.0. The largest absolute Gasteiger partial charge is 0.463 e. The van der Waals surface area contributed by atoms with Crippen molar-refractivity contribution in [1.82, 2.24) is 4.90 Å². The van der Waals surface area contributed by atoms with Crippen LogP contribution in [0.15, 0.2) is 107 Å². The van der Waals surface area contributed by atoms with Crippen LogP contribution in [0.4, 0.5) is 5.69 Å². The normalized spacial score (nSPS) is 20.0. The molecule has 0 saturated heterocycles. The summed E-state index contributed by atoms with van der Waals surface area (Å²) in [5.41, 5.74) is 1.27. The predicted molar refractivity (Wildman–Crippen MR) is 156 cm³/mol. The maximum atomic E-state index is 15.0. The van der Waals surface area contributed by atoms with Crippen molar-refractivity contribution < 1.29 is 23.9 Å². The second kappa shape index (κ2) is 11.8. The Kier molecular flexibility index (Phi) is 8.01. The van der Waals surface area contributed by atoms with Crippen LogP contribution >= 0.6 is 0 Å². The van der Waals surface area contributed by atoms with E-state index in [1.165, 1.54) is 5.01 Å². The van der Waals surface area contributed by atoms with E-state index in [1.54, 1.807) is 18.7 Å². The number of carbonyl (C=O) groups excluding carboxylic acids is 3. The third-order valence-electron chi connectivity index (χ3n) is 7.45. The molecule has 41 heavy (non-hydrogen) atoms. The molecule has 0 radical (unpaired) electrons. The molecule has 2 aliphatic heterocycles. The topological polar surface area (TPSA) is 88.5 Å². The number of esters is 2. The first-order valence-corrected chi connectivity index (χ1v) is 13.9. The van der Waals surface area contributed by atoms with Gasteiger partial charge in [-0.3, -0.25) is 4.79 Å². The van der Waals surface area contributed by atoms with Crippen LogP contribution < -0.4 is 5.01 Å². The first kappa shape index (κ1) is 27.8. The summed E-state index contributed by atoms with van der Waals surface area (Å²) in [7, 11) is 0. The van der Waals surface area contributed by atoms with Gasteiger partial charge < -0.3 is 14.4 Å². The number of hydrazone groups is 1. The number of hydrogen-bond donors (Lipinski definition) is 0. The molecule has 0 aromatic heterocycles. The zero-order chi connectivity index (χ0) is 29.0. The van der Waals surface area contributed by atoms with Gasteiger partial charge in [0.2, 0.25) is 0 Å². The lowest BCUT2D eigenvalue weighted by Gasteiger charge is -2.41. The highest BCUT2D eigenvalue weighted by Crippen LogP contribution is 2.54. The smallest absolute Gasteiger partial charge is 0.355 e. The molecule has 0 saturated carbocycles. The average molecular weight is 552 g/mol. The number of anilines is 1. The van der Waals surface area contributed by atoms with Crippen LogP contribution in [0.25, 0.3) is 0 Å². The number of hydrogen-bond acceptors (Lipinski definition) is 7. The summed E-state index contributed by atoms with van der Waals surface area (Å²) in [5, 5.41) is 6.26. The van der Waals surface area contributed by atoms with Crippen LogP contribution in [-0.2, 0) is 30.4 Å². The molecule has 5 rings (SSSR count). The average Bonchev–Trinajstić information content (AvgIpc) is 3.47. The van der Waals surface area contributed by atoms with Gasteiger partial charge in [0, 0.05) is 6.54 Å². The molecule has 2 atom stereocenters. The molecule has 8 heteroatoms. The molecule has 8 nitrogen and oxygen atoms in total. The Hall–Kier alpha value is -4.72. The van der Waals surface area contributed by atoms with E-state index in [0.717, 1.165) is 5.56 Å². The van der Waals surface area contributed by atoms with Crippen LogP contribution in [-0.4, -0.2) is 47.2 Å². The van der Waals surface area contributed by atoms with Gasteiger partial charge in [-0.2, -0.15) is 10.1 Å². The highest BCUT2D eigenvalue weighted by molar-refractivity contribution is 6.26. The Morgan fingerprint density at radius 1 is 0.805 bits per heavy atom. The molecule has 0 fully saturated rings. The molecule has 3 aromatic rings. The fourth-order valence-electron chi connectivity index (χ4n) is 5.86. The van der Waals surface area contributed by atoms with Crippen molar-refractivity contribution >= 4 is 29.2 Å². The molecule has 2 unspecified atom stereocenters. The van der Waals surface area contributed by atoms with E-state index < -0.39 is 23.4 Å². The molecule has 2 aliphatic rings. The van der Waals surface area contributed by atoms with Crippen molar-refractivity contribution in [3.63, 3.8) is 0 Å². The van der Waals surface area contributed by atoms with Gasteiger partial charge in [0.15, 0.2) is 5.54 Å². The molecule has 1 spiro atoms. The molecule has 3 aromatic carbocycles. The minimum absolute atomic E-state index is 0.0208. The van der Waals surface area contributed by atoms with Crippen LogP contribution in [0.2, 0.25) is 0 Å². The van der Waals surface area contributed by atoms with E-state index >= 15 is 0 Å². The van der Waals surface area contributed by atoms with Crippen molar-refractivity contribution in [1.29, 1.82) is 0 Å². The standard InChI is InChI=1S/C33H33N3O5/c1-4-26-33(32(39)36(34-26)25-20-14-9-15-21-25)28(24-18-12-8-13-19-24)27(30(37)40-5-2)29(31(38)41-6-3)35(33)22-23-16-10-7-11-17-23/h7-21,28H,4-6,22H2,1-3H3. The quantitative estimate of drug-likeness (QED) is 0.339. The number of carbonyl (C=O) groups is 3. The number of nitrogens with zero attached hydrogens (tertiary/aromatic N) is 3. The highest BCUT2D eigenvalue weighted by Gasteiger charge is 2.67. The third kappa shape index (κ3) is 4.69. The van der Waals surface area contributed by atoms with Crippen LogP contribution in [0, 0.1) is 0 Å². The summed E-state index contributed by atoms with van der Waals surface area (Å²) in [6.07, 6.45) is 0.399. The molecule has 2 heterocycles. The number of amides is 1. The van der Waals surface area contributed by atoms with E-state index in [1.807, 2.05) is 97.9 Å². The minimum atomic E-state index is -1.52. The van der Waals surface area contributed by atoms with Gasteiger partial charge in [-0.05, 0) is 43.5 Å². The van der Waals surface area contributed by atoms with Crippen molar-refractivity contribution in [3.05, 3.63) is 113 Å². The van der Waals surface area contributed by atoms with Gasteiger partial charge >= 0.3 is 11.9 Å². The van der Waals surface area contributed by atoms with Crippen LogP contribution in [0.3, 0.4) is 0 Å². The lowest BCUT2D eigenvalue weighted by molar-refractivity contribution is -0.143. The van der Waals surface area contributed by atoms with E-state index in [2.05, 4.69) is 0 Å². The summed E-state index contributed by atoms with van der Waals surface area (Å²) < 4.78 is 11.1. The van der Waals surface area contributed by atoms with E-state index in [4.69, 9.17) is 14.6 Å². The predicted octanol–water partition coefficient (Wildman–Crippen LogP) is 5.22. The Labute approximate surface area is 239 Å². The van der Waals surface area contributed by atoms with Gasteiger partial charge in [-0.1, -0.05) is 85.8 Å². The molecule has 0 N–H and O–H groups in total. The summed E-state index contributed by atoms with van der Waals surface area (Å²) in [6, 6.07) is 28.0. The van der Waals surface area contributed by atoms with Crippen molar-refractivity contribution in [2.45, 2.75) is 45.2 Å². The van der Waals surface area contributed by atoms with Gasteiger partial charge in [0.05, 0.1) is 36.1 Å². The number of ether oxygens (including phenoxy) is 2. The Bertz CT molecular complexity index is 1490. The fraction of sp³-hybridized carbons (Fsp3) is 0.273. The molecule has 0 bridgehead atoms. The molecule has 1 amide bonds. The van der Waals surface area contributed by atoms with E-state index in [-0.39, 0.29) is 36.9 Å². The Morgan fingerprint density at radius 2 is 1.37 bits per heavy atom. The zero-order valence-electron chi connectivity index (χ0n) is 23.4. The molecule has 0 aliphatic carbocycles. The van der Waals surface area contributed by atoms with E-state index in [9.17, 15) is 14.4 Å². The molecular weight excluding hydrogens is 518 g/mol. The summed E-state index contributed by atoms with van der Waals surface area (Å²) in [6.45, 7) is 5.71. The first-order valence-electron chi connectivity index (χ1n) is 13.9. The second-order valence-corrected chi connectivity index (χ2v) is 9.74. The lowest BCUT2D eigenvalue weighted by atomic mass is 9.72. The Morgan fingerprint density at radius 3 is 1.95 bits per heavy atom. The third-order valence-corrected chi connectivity index (χ3v) is 7.45. The first-order chi connectivity index (χ1) is 20.0. The monoisotopic (exact) mass is 551 g/mol. The summed E-state index contributed by atoms with van der Waals surface area (Å²) >= 11 is 0. The summed E-state index contributed by atoms with van der Waals surface area (Å²) in [4.78, 5) is 44.4. The molecule has 210 valence electrons. The van der Waals surface area contributed by atoms with Crippen molar-refractivity contribution in [2.75, 3.05) is 18.2 Å². The van der Waals surface area contributed by atoms with Crippen LogP contribution in [0.1, 0.15) is 44.2 Å².